The highest BCUT2D eigenvalue weighted by molar-refractivity contribution is 6.02. The third-order valence-electron chi connectivity index (χ3n) is 7.39. The third kappa shape index (κ3) is 5.60. The summed E-state index contributed by atoms with van der Waals surface area (Å²) >= 11 is 0. The number of ether oxygens (including phenoxy) is 2. The maximum Gasteiger partial charge on any atom is 0.323 e. The Kier molecular flexibility index (Phi) is 7.13. The van der Waals surface area contributed by atoms with Gasteiger partial charge in [-0.15, -0.1) is 0 Å². The molecule has 8 nitrogen and oxygen atoms in total. The molecule has 0 radical (unpaired) electrons. The molecule has 3 N–H and O–H groups in total. The van der Waals surface area contributed by atoms with Gasteiger partial charge in [-0.1, -0.05) is 33.1 Å². The molecule has 2 aromatic carbocycles. The number of benzene rings is 2. The summed E-state index contributed by atoms with van der Waals surface area (Å²) in [5.74, 6) is -0.831. The molecule has 3 aliphatic rings. The molecule has 5 rings (SSSR count). The van der Waals surface area contributed by atoms with Crippen LogP contribution in [0.25, 0.3) is 0 Å². The summed E-state index contributed by atoms with van der Waals surface area (Å²) < 4.78 is 26.2. The number of urea groups is 1. The Morgan fingerprint density at radius 2 is 1.84 bits per heavy atom. The predicted molar refractivity (Wildman–Crippen MR) is 139 cm³/mol. The van der Waals surface area contributed by atoms with Gasteiger partial charge in [-0.2, -0.15) is 0 Å². The molecule has 2 aromatic rings. The average molecular weight is 512 g/mol. The molecule has 2 amide bonds. The normalized spacial score (nSPS) is 20.5. The zero-order valence-electron chi connectivity index (χ0n) is 21.3. The van der Waals surface area contributed by atoms with Crippen LogP contribution in [-0.2, 0) is 4.79 Å². The number of halogens is 1. The van der Waals surface area contributed by atoms with E-state index in [0.717, 1.165) is 32.2 Å². The Balaban J connectivity index is 1.46. The van der Waals surface area contributed by atoms with E-state index in [0.29, 0.717) is 46.5 Å². The molecule has 198 valence electrons. The standard InChI is InChI=1S/C28H34FN3O5/c1-16(2)14-32(18-6-4-3-5-7-18)24-13-22(29)20(19-11-21(19)27(33)34)12-23(24)31-28(35)30-17-8-9-25-26(10-17)37-15-36-25/h8-10,12-13,16,18-19,21H,3-7,11,14-15H2,1-2H3,(H,33,34)(H2,30,31,35)/t19-,21-/m1/s1. The van der Waals surface area contributed by atoms with Crippen LogP contribution in [0.1, 0.15) is 63.9 Å². The minimum Gasteiger partial charge on any atom is -0.481 e. The van der Waals surface area contributed by atoms with E-state index in [2.05, 4.69) is 29.4 Å². The molecule has 1 heterocycles. The minimum atomic E-state index is -0.924. The zero-order valence-corrected chi connectivity index (χ0v) is 21.3. The van der Waals surface area contributed by atoms with Crippen LogP contribution in [-0.4, -0.2) is 36.5 Å². The van der Waals surface area contributed by atoms with Gasteiger partial charge in [-0.25, -0.2) is 9.18 Å². The average Bonchev–Trinajstić information content (AvgIpc) is 3.53. The van der Waals surface area contributed by atoms with Crippen molar-refractivity contribution in [3.8, 4) is 11.5 Å². The van der Waals surface area contributed by atoms with Crippen LogP contribution < -0.4 is 25.0 Å². The van der Waals surface area contributed by atoms with Gasteiger partial charge >= 0.3 is 12.0 Å². The Morgan fingerprint density at radius 3 is 2.54 bits per heavy atom. The van der Waals surface area contributed by atoms with Crippen LogP contribution in [0.2, 0.25) is 0 Å². The lowest BCUT2D eigenvalue weighted by Gasteiger charge is -2.38. The van der Waals surface area contributed by atoms with Gasteiger partial charge in [0.2, 0.25) is 6.79 Å². The van der Waals surface area contributed by atoms with Crippen molar-refractivity contribution in [2.45, 2.75) is 64.3 Å². The zero-order chi connectivity index (χ0) is 26.1. The Labute approximate surface area is 216 Å². The minimum absolute atomic E-state index is 0.137. The van der Waals surface area contributed by atoms with Gasteiger partial charge in [0.25, 0.3) is 0 Å². The van der Waals surface area contributed by atoms with Gasteiger partial charge in [0, 0.05) is 30.3 Å². The number of hydrogen-bond acceptors (Lipinski definition) is 5. The number of carboxylic acid groups (broad SMARTS) is 1. The lowest BCUT2D eigenvalue weighted by atomic mass is 9.92. The molecular weight excluding hydrogens is 477 g/mol. The number of amides is 2. The quantitative estimate of drug-likeness (QED) is 0.391. The fourth-order valence-electron chi connectivity index (χ4n) is 5.50. The molecule has 2 saturated carbocycles. The number of nitrogens with one attached hydrogen (secondary N) is 2. The third-order valence-corrected chi connectivity index (χ3v) is 7.39. The van der Waals surface area contributed by atoms with Gasteiger partial charge in [0.05, 0.1) is 17.3 Å². The van der Waals surface area contributed by atoms with E-state index < -0.39 is 29.7 Å². The van der Waals surface area contributed by atoms with E-state index in [9.17, 15) is 14.7 Å². The molecule has 2 atom stereocenters. The Hall–Kier alpha value is -3.49. The molecule has 9 heteroatoms. The second-order valence-electron chi connectivity index (χ2n) is 10.7. The topological polar surface area (TPSA) is 100 Å². The molecule has 0 bridgehead atoms. The fourth-order valence-corrected chi connectivity index (χ4v) is 5.50. The summed E-state index contributed by atoms with van der Waals surface area (Å²) in [6.45, 7) is 5.12. The molecule has 2 aliphatic carbocycles. The molecule has 1 aliphatic heterocycles. The Morgan fingerprint density at radius 1 is 1.08 bits per heavy atom. The summed E-state index contributed by atoms with van der Waals surface area (Å²) in [5, 5.41) is 15.2. The van der Waals surface area contributed by atoms with Crippen LogP contribution in [0.3, 0.4) is 0 Å². The van der Waals surface area contributed by atoms with Gasteiger partial charge in [0.1, 0.15) is 5.82 Å². The first kappa shape index (κ1) is 25.2. The van der Waals surface area contributed by atoms with E-state index in [1.807, 2.05) is 0 Å². The number of nitrogens with zero attached hydrogens (tertiary/aromatic N) is 1. The van der Waals surface area contributed by atoms with Crippen LogP contribution in [0, 0.1) is 17.7 Å². The van der Waals surface area contributed by atoms with Gasteiger partial charge in [0.15, 0.2) is 11.5 Å². The van der Waals surface area contributed by atoms with Crippen molar-refractivity contribution in [2.75, 3.05) is 28.9 Å². The SMILES string of the molecule is CC(C)CN(c1cc(F)c([C@H]2C[C@H]2C(=O)O)cc1NC(=O)Nc1ccc2c(c1)OCO2)C1CCCCC1. The largest absolute Gasteiger partial charge is 0.481 e. The maximum atomic E-state index is 15.5. The van der Waals surface area contributed by atoms with Crippen molar-refractivity contribution in [1.82, 2.24) is 0 Å². The highest BCUT2D eigenvalue weighted by Gasteiger charge is 2.46. The van der Waals surface area contributed by atoms with Crippen molar-refractivity contribution < 1.29 is 28.6 Å². The number of anilines is 3. The number of carbonyl (C=O) groups excluding carboxylic acids is 1. The number of hydrogen-bond donors (Lipinski definition) is 3. The van der Waals surface area contributed by atoms with Crippen LogP contribution in [0.5, 0.6) is 11.5 Å². The highest BCUT2D eigenvalue weighted by Crippen LogP contribution is 2.50. The predicted octanol–water partition coefficient (Wildman–Crippen LogP) is 6.18. The van der Waals surface area contributed by atoms with Crippen molar-refractivity contribution in [2.24, 2.45) is 11.8 Å². The number of carboxylic acids is 1. The van der Waals surface area contributed by atoms with E-state index in [1.165, 1.54) is 12.5 Å². The first-order valence-electron chi connectivity index (χ1n) is 13.1. The molecule has 0 saturated heterocycles. The summed E-state index contributed by atoms with van der Waals surface area (Å²) in [5.41, 5.74) is 1.99. The molecule has 0 aromatic heterocycles. The summed E-state index contributed by atoms with van der Waals surface area (Å²) in [6, 6.07) is 8.04. The number of aliphatic carboxylic acids is 1. The van der Waals surface area contributed by atoms with E-state index >= 15 is 4.39 Å². The number of rotatable bonds is 8. The molecule has 37 heavy (non-hydrogen) atoms. The molecular formula is C28H34FN3O5. The van der Waals surface area contributed by atoms with Crippen LogP contribution in [0.15, 0.2) is 30.3 Å². The maximum absolute atomic E-state index is 15.5. The summed E-state index contributed by atoms with van der Waals surface area (Å²) in [7, 11) is 0. The van der Waals surface area contributed by atoms with E-state index in [1.54, 1.807) is 24.3 Å². The first-order chi connectivity index (χ1) is 17.8. The fraction of sp³-hybridized carbons (Fsp3) is 0.500. The van der Waals surface area contributed by atoms with Crippen molar-refractivity contribution >= 4 is 29.1 Å². The number of carbonyl (C=O) groups is 2. The summed E-state index contributed by atoms with van der Waals surface area (Å²) in [6.07, 6.45) is 5.86. The van der Waals surface area contributed by atoms with Crippen molar-refractivity contribution in [1.29, 1.82) is 0 Å². The van der Waals surface area contributed by atoms with Gasteiger partial charge in [-0.05, 0) is 55.0 Å². The molecule has 0 spiro atoms. The lowest BCUT2D eigenvalue weighted by Crippen LogP contribution is -2.40. The molecule has 0 unspecified atom stereocenters. The van der Waals surface area contributed by atoms with E-state index in [-0.39, 0.29) is 12.8 Å². The van der Waals surface area contributed by atoms with Crippen molar-refractivity contribution in [3.05, 3.63) is 41.7 Å². The summed E-state index contributed by atoms with van der Waals surface area (Å²) in [4.78, 5) is 26.8. The number of fused-ring (bicyclic) bond motifs is 1. The van der Waals surface area contributed by atoms with Crippen LogP contribution in [0.4, 0.5) is 26.2 Å². The van der Waals surface area contributed by atoms with Crippen LogP contribution >= 0.6 is 0 Å². The van der Waals surface area contributed by atoms with Gasteiger partial charge < -0.3 is 30.1 Å². The van der Waals surface area contributed by atoms with Gasteiger partial charge in [-0.3, -0.25) is 4.79 Å². The second-order valence-corrected chi connectivity index (χ2v) is 10.7. The second kappa shape index (κ2) is 10.5. The lowest BCUT2D eigenvalue weighted by molar-refractivity contribution is -0.138. The van der Waals surface area contributed by atoms with E-state index in [4.69, 9.17) is 9.47 Å². The Bertz CT molecular complexity index is 1180. The smallest absolute Gasteiger partial charge is 0.323 e. The first-order valence-corrected chi connectivity index (χ1v) is 13.1. The molecule has 2 fully saturated rings. The van der Waals surface area contributed by atoms with Crippen molar-refractivity contribution in [3.63, 3.8) is 0 Å². The highest BCUT2D eigenvalue weighted by atomic mass is 19.1. The monoisotopic (exact) mass is 511 g/mol.